The van der Waals surface area contributed by atoms with Gasteiger partial charge < -0.3 is 19.5 Å². The van der Waals surface area contributed by atoms with E-state index in [2.05, 4.69) is 5.32 Å². The molecule has 0 saturated carbocycles. The van der Waals surface area contributed by atoms with Crippen LogP contribution in [0.4, 0.5) is 0 Å². The second-order valence-corrected chi connectivity index (χ2v) is 5.44. The SMILES string of the molecule is COCc1cccc(C(=O)N[C@@H](C)c2cc(OC)ccc2OC)c1. The van der Waals surface area contributed by atoms with Crippen molar-refractivity contribution >= 4 is 5.91 Å². The van der Waals surface area contributed by atoms with Gasteiger partial charge in [0, 0.05) is 18.2 Å². The molecule has 0 bridgehead atoms. The quantitative estimate of drug-likeness (QED) is 0.846. The highest BCUT2D eigenvalue weighted by molar-refractivity contribution is 5.94. The van der Waals surface area contributed by atoms with Crippen LogP contribution in [0.2, 0.25) is 0 Å². The van der Waals surface area contributed by atoms with Gasteiger partial charge in [-0.05, 0) is 42.8 Å². The topological polar surface area (TPSA) is 56.8 Å². The fourth-order valence-corrected chi connectivity index (χ4v) is 2.50. The van der Waals surface area contributed by atoms with Crippen LogP contribution in [0.5, 0.6) is 11.5 Å². The molecule has 1 N–H and O–H groups in total. The Morgan fingerprint density at radius 1 is 1.08 bits per heavy atom. The number of hydrogen-bond donors (Lipinski definition) is 1. The lowest BCUT2D eigenvalue weighted by molar-refractivity contribution is 0.0939. The van der Waals surface area contributed by atoms with Gasteiger partial charge in [0.1, 0.15) is 11.5 Å². The van der Waals surface area contributed by atoms with E-state index in [1.54, 1.807) is 27.4 Å². The summed E-state index contributed by atoms with van der Waals surface area (Å²) in [7, 11) is 4.84. The third kappa shape index (κ3) is 4.26. The monoisotopic (exact) mass is 329 g/mol. The van der Waals surface area contributed by atoms with Crippen LogP contribution < -0.4 is 14.8 Å². The maximum Gasteiger partial charge on any atom is 0.251 e. The predicted molar refractivity (Wildman–Crippen MR) is 92.6 cm³/mol. The first-order chi connectivity index (χ1) is 11.6. The Labute approximate surface area is 142 Å². The first kappa shape index (κ1) is 17.8. The van der Waals surface area contributed by atoms with Crippen LogP contribution in [-0.4, -0.2) is 27.2 Å². The zero-order chi connectivity index (χ0) is 17.5. The smallest absolute Gasteiger partial charge is 0.251 e. The van der Waals surface area contributed by atoms with Crippen LogP contribution in [0, 0.1) is 0 Å². The third-order valence-corrected chi connectivity index (χ3v) is 3.75. The van der Waals surface area contributed by atoms with Gasteiger partial charge in [-0.1, -0.05) is 12.1 Å². The molecule has 0 fully saturated rings. The van der Waals surface area contributed by atoms with Gasteiger partial charge in [0.25, 0.3) is 5.91 Å². The Balaban J connectivity index is 2.18. The Kier molecular flexibility index (Phi) is 6.21. The van der Waals surface area contributed by atoms with Crippen molar-refractivity contribution in [2.24, 2.45) is 0 Å². The molecule has 0 aliphatic rings. The molecule has 2 aromatic carbocycles. The molecule has 2 rings (SSSR count). The second kappa shape index (κ2) is 8.36. The molecular weight excluding hydrogens is 306 g/mol. The Morgan fingerprint density at radius 2 is 1.88 bits per heavy atom. The summed E-state index contributed by atoms with van der Waals surface area (Å²) < 4.78 is 15.7. The summed E-state index contributed by atoms with van der Waals surface area (Å²) >= 11 is 0. The first-order valence-corrected chi connectivity index (χ1v) is 7.69. The maximum atomic E-state index is 12.5. The molecule has 0 unspecified atom stereocenters. The van der Waals surface area contributed by atoms with Crippen molar-refractivity contribution in [1.82, 2.24) is 5.32 Å². The van der Waals surface area contributed by atoms with Gasteiger partial charge in [-0.25, -0.2) is 0 Å². The number of hydrogen-bond acceptors (Lipinski definition) is 4. The molecule has 24 heavy (non-hydrogen) atoms. The number of amides is 1. The molecule has 0 aliphatic heterocycles. The van der Waals surface area contributed by atoms with Gasteiger partial charge in [0.2, 0.25) is 0 Å². The van der Waals surface area contributed by atoms with Crippen LogP contribution in [0.25, 0.3) is 0 Å². The van der Waals surface area contributed by atoms with Crippen LogP contribution in [0.1, 0.15) is 34.5 Å². The lowest BCUT2D eigenvalue weighted by atomic mass is 10.1. The number of methoxy groups -OCH3 is 3. The molecule has 1 atom stereocenters. The van der Waals surface area contributed by atoms with Gasteiger partial charge in [0.15, 0.2) is 0 Å². The van der Waals surface area contributed by atoms with E-state index in [1.807, 2.05) is 43.3 Å². The molecule has 0 aromatic heterocycles. The lowest BCUT2D eigenvalue weighted by Gasteiger charge is -2.18. The van der Waals surface area contributed by atoms with Crippen LogP contribution >= 0.6 is 0 Å². The van der Waals surface area contributed by atoms with E-state index < -0.39 is 0 Å². The molecule has 1 amide bonds. The van der Waals surface area contributed by atoms with Crippen molar-refractivity contribution in [2.75, 3.05) is 21.3 Å². The number of benzene rings is 2. The zero-order valence-corrected chi connectivity index (χ0v) is 14.5. The lowest BCUT2D eigenvalue weighted by Crippen LogP contribution is -2.27. The Morgan fingerprint density at radius 3 is 2.54 bits per heavy atom. The maximum absolute atomic E-state index is 12.5. The summed E-state index contributed by atoms with van der Waals surface area (Å²) in [6, 6.07) is 12.7. The normalized spacial score (nSPS) is 11.7. The molecule has 5 heteroatoms. The van der Waals surface area contributed by atoms with E-state index in [0.29, 0.717) is 23.7 Å². The van der Waals surface area contributed by atoms with Crippen LogP contribution in [-0.2, 0) is 11.3 Å². The minimum Gasteiger partial charge on any atom is -0.497 e. The van der Waals surface area contributed by atoms with Gasteiger partial charge >= 0.3 is 0 Å². The summed E-state index contributed by atoms with van der Waals surface area (Å²) in [4.78, 5) is 12.5. The summed E-state index contributed by atoms with van der Waals surface area (Å²) in [5, 5.41) is 2.99. The van der Waals surface area contributed by atoms with Crippen molar-refractivity contribution in [3.8, 4) is 11.5 Å². The highest BCUT2D eigenvalue weighted by Gasteiger charge is 2.16. The minimum absolute atomic E-state index is 0.148. The van der Waals surface area contributed by atoms with Crippen molar-refractivity contribution in [3.05, 3.63) is 59.2 Å². The van der Waals surface area contributed by atoms with Gasteiger partial charge in [-0.2, -0.15) is 0 Å². The molecule has 128 valence electrons. The fraction of sp³-hybridized carbons (Fsp3) is 0.316. The summed E-state index contributed by atoms with van der Waals surface area (Å²) in [6.45, 7) is 2.38. The van der Waals surface area contributed by atoms with Crippen LogP contribution in [0.15, 0.2) is 42.5 Å². The number of carbonyl (C=O) groups excluding carboxylic acids is 1. The third-order valence-electron chi connectivity index (χ3n) is 3.75. The van der Waals surface area contributed by atoms with E-state index >= 15 is 0 Å². The number of carbonyl (C=O) groups is 1. The molecule has 0 radical (unpaired) electrons. The van der Waals surface area contributed by atoms with Crippen molar-refractivity contribution in [1.29, 1.82) is 0 Å². The van der Waals surface area contributed by atoms with E-state index in [9.17, 15) is 4.79 Å². The average molecular weight is 329 g/mol. The molecule has 0 aliphatic carbocycles. The zero-order valence-electron chi connectivity index (χ0n) is 14.5. The molecule has 2 aromatic rings. The minimum atomic E-state index is -0.228. The largest absolute Gasteiger partial charge is 0.497 e. The van der Waals surface area contributed by atoms with Gasteiger partial charge in [-0.3, -0.25) is 4.79 Å². The summed E-state index contributed by atoms with van der Waals surface area (Å²) in [5.74, 6) is 1.27. The van der Waals surface area contributed by atoms with E-state index in [4.69, 9.17) is 14.2 Å². The van der Waals surface area contributed by atoms with Gasteiger partial charge in [-0.15, -0.1) is 0 Å². The highest BCUT2D eigenvalue weighted by atomic mass is 16.5. The first-order valence-electron chi connectivity index (χ1n) is 7.69. The fourth-order valence-electron chi connectivity index (χ4n) is 2.50. The van der Waals surface area contributed by atoms with E-state index in [-0.39, 0.29) is 11.9 Å². The Bertz CT molecular complexity index is 700. The summed E-state index contributed by atoms with van der Waals surface area (Å²) in [6.07, 6.45) is 0. The van der Waals surface area contributed by atoms with E-state index in [1.165, 1.54) is 0 Å². The van der Waals surface area contributed by atoms with Crippen LogP contribution in [0.3, 0.4) is 0 Å². The standard InChI is InChI=1S/C19H23NO4/c1-13(17-11-16(23-3)8-9-18(17)24-4)20-19(21)15-7-5-6-14(10-15)12-22-2/h5-11,13H,12H2,1-4H3,(H,20,21)/t13-/m0/s1. The van der Waals surface area contributed by atoms with Gasteiger partial charge in [0.05, 0.1) is 26.9 Å². The Hall–Kier alpha value is -2.53. The number of rotatable bonds is 7. The second-order valence-electron chi connectivity index (χ2n) is 5.44. The number of nitrogens with one attached hydrogen (secondary N) is 1. The summed E-state index contributed by atoms with van der Waals surface area (Å²) in [5.41, 5.74) is 2.41. The van der Waals surface area contributed by atoms with E-state index in [0.717, 1.165) is 11.1 Å². The molecule has 0 spiro atoms. The highest BCUT2D eigenvalue weighted by Crippen LogP contribution is 2.29. The molecule has 0 heterocycles. The van der Waals surface area contributed by atoms with Crippen molar-refractivity contribution in [2.45, 2.75) is 19.6 Å². The van der Waals surface area contributed by atoms with Crippen molar-refractivity contribution < 1.29 is 19.0 Å². The molecular formula is C19H23NO4. The molecule has 0 saturated heterocycles. The average Bonchev–Trinajstić information content (AvgIpc) is 2.61. The predicted octanol–water partition coefficient (Wildman–Crippen LogP) is 3.34. The van der Waals surface area contributed by atoms with Crippen molar-refractivity contribution in [3.63, 3.8) is 0 Å². The number of ether oxygens (including phenoxy) is 3. The molecule has 5 nitrogen and oxygen atoms in total.